The van der Waals surface area contributed by atoms with E-state index in [9.17, 15) is 18.0 Å². The van der Waals surface area contributed by atoms with Crippen LogP contribution in [0.4, 0.5) is 5.69 Å². The van der Waals surface area contributed by atoms with E-state index in [1.165, 1.54) is 17.0 Å². The molecule has 230 valence electrons. The maximum absolute atomic E-state index is 14.2. The number of nitrogens with zero attached hydrogens (tertiary/aromatic N) is 2. The van der Waals surface area contributed by atoms with Gasteiger partial charge in [-0.3, -0.25) is 13.9 Å². The van der Waals surface area contributed by atoms with Gasteiger partial charge in [-0.15, -0.1) is 0 Å². The van der Waals surface area contributed by atoms with Crippen LogP contribution in [0.2, 0.25) is 10.0 Å². The van der Waals surface area contributed by atoms with Gasteiger partial charge in [0.1, 0.15) is 18.3 Å². The fourth-order valence-electron chi connectivity index (χ4n) is 5.25. The Morgan fingerprint density at radius 1 is 0.953 bits per heavy atom. The molecule has 3 aromatic rings. The van der Waals surface area contributed by atoms with Crippen molar-refractivity contribution in [3.63, 3.8) is 0 Å². The monoisotopic (exact) mass is 645 g/mol. The highest BCUT2D eigenvalue weighted by atomic mass is 35.5. The van der Waals surface area contributed by atoms with Crippen molar-refractivity contribution >= 4 is 50.7 Å². The maximum atomic E-state index is 14.2. The van der Waals surface area contributed by atoms with Gasteiger partial charge in [-0.1, -0.05) is 67.2 Å². The molecule has 0 spiro atoms. The summed E-state index contributed by atoms with van der Waals surface area (Å²) < 4.78 is 34.5. The van der Waals surface area contributed by atoms with E-state index in [0.29, 0.717) is 40.1 Å². The van der Waals surface area contributed by atoms with Crippen LogP contribution in [0.3, 0.4) is 0 Å². The van der Waals surface area contributed by atoms with Crippen molar-refractivity contribution in [2.75, 3.05) is 17.5 Å². The zero-order valence-electron chi connectivity index (χ0n) is 24.3. The first kappa shape index (κ1) is 32.6. The van der Waals surface area contributed by atoms with Crippen molar-refractivity contribution in [1.29, 1.82) is 0 Å². The van der Waals surface area contributed by atoms with E-state index >= 15 is 0 Å². The van der Waals surface area contributed by atoms with Gasteiger partial charge in [0, 0.05) is 12.6 Å². The van der Waals surface area contributed by atoms with Gasteiger partial charge in [0.25, 0.3) is 10.0 Å². The number of amides is 2. The minimum atomic E-state index is -4.16. The quantitative estimate of drug-likeness (QED) is 0.230. The summed E-state index contributed by atoms with van der Waals surface area (Å²) in [6.45, 7) is 3.65. The summed E-state index contributed by atoms with van der Waals surface area (Å²) in [6, 6.07) is 18.7. The van der Waals surface area contributed by atoms with Crippen LogP contribution in [0.1, 0.15) is 51.5 Å². The van der Waals surface area contributed by atoms with Crippen LogP contribution in [-0.2, 0) is 26.2 Å². The fourth-order valence-corrected chi connectivity index (χ4v) is 7.00. The molecule has 0 aromatic heterocycles. The largest absolute Gasteiger partial charge is 0.494 e. The Labute approximate surface area is 264 Å². The number of carbonyl (C=O) groups is 2. The lowest BCUT2D eigenvalue weighted by Crippen LogP contribution is -2.53. The van der Waals surface area contributed by atoms with Crippen LogP contribution in [-0.4, -0.2) is 50.4 Å². The van der Waals surface area contributed by atoms with Crippen LogP contribution in [0, 0.1) is 0 Å². The molecular weight excluding hydrogens is 609 g/mol. The molecule has 3 aromatic carbocycles. The average molecular weight is 647 g/mol. The molecule has 0 aliphatic heterocycles. The second-order valence-corrected chi connectivity index (χ2v) is 13.1. The van der Waals surface area contributed by atoms with Crippen molar-refractivity contribution in [2.45, 2.75) is 69.5 Å². The topological polar surface area (TPSA) is 96.0 Å². The molecule has 1 saturated carbocycles. The lowest BCUT2D eigenvalue weighted by molar-refractivity contribution is -0.140. The van der Waals surface area contributed by atoms with E-state index in [-0.39, 0.29) is 23.4 Å². The minimum Gasteiger partial charge on any atom is -0.494 e. The first-order valence-electron chi connectivity index (χ1n) is 14.5. The SMILES string of the molecule is CCOc1ccc(N(CC(=O)N(Cc2ccc(Cl)c(Cl)c2)[C@H](CC)C(=O)NC2CCCC2)S(=O)(=O)c2ccccc2)cc1. The van der Waals surface area contributed by atoms with Gasteiger partial charge in [0.2, 0.25) is 11.8 Å². The number of rotatable bonds is 13. The summed E-state index contributed by atoms with van der Waals surface area (Å²) >= 11 is 12.4. The van der Waals surface area contributed by atoms with Gasteiger partial charge < -0.3 is 15.0 Å². The smallest absolute Gasteiger partial charge is 0.264 e. The molecule has 0 radical (unpaired) electrons. The molecule has 2 amide bonds. The summed E-state index contributed by atoms with van der Waals surface area (Å²) in [6.07, 6.45) is 4.21. The van der Waals surface area contributed by atoms with Crippen LogP contribution < -0.4 is 14.4 Å². The number of hydrogen-bond donors (Lipinski definition) is 1. The first-order chi connectivity index (χ1) is 20.6. The van der Waals surface area contributed by atoms with Crippen LogP contribution >= 0.6 is 23.2 Å². The van der Waals surface area contributed by atoms with Gasteiger partial charge in [-0.2, -0.15) is 0 Å². The molecule has 43 heavy (non-hydrogen) atoms. The highest BCUT2D eigenvalue weighted by Gasteiger charge is 2.34. The van der Waals surface area contributed by atoms with Gasteiger partial charge >= 0.3 is 0 Å². The molecule has 4 rings (SSSR count). The zero-order chi connectivity index (χ0) is 31.0. The Balaban J connectivity index is 1.71. The summed E-state index contributed by atoms with van der Waals surface area (Å²) in [5, 5.41) is 3.79. The van der Waals surface area contributed by atoms with E-state index < -0.39 is 28.5 Å². The number of sulfonamides is 1. The van der Waals surface area contributed by atoms with Crippen molar-refractivity contribution < 1.29 is 22.7 Å². The van der Waals surface area contributed by atoms with E-state index in [4.69, 9.17) is 27.9 Å². The zero-order valence-corrected chi connectivity index (χ0v) is 26.7. The van der Waals surface area contributed by atoms with Gasteiger partial charge in [0.15, 0.2) is 0 Å². The Morgan fingerprint density at radius 2 is 1.63 bits per heavy atom. The molecule has 1 N–H and O–H groups in total. The standard InChI is InChI=1S/C32H37Cl2N3O5S/c1-3-30(32(39)35-24-10-8-9-11-24)36(21-23-14-19-28(33)29(34)20-23)31(38)22-37(25-15-17-26(18-16-25)42-4-2)43(40,41)27-12-6-5-7-13-27/h5-7,12-20,24,30H,3-4,8-11,21-22H2,1-2H3,(H,35,39)/t30-/m1/s1. The minimum absolute atomic E-state index is 0.0365. The molecular formula is C32H37Cl2N3O5S. The second-order valence-electron chi connectivity index (χ2n) is 10.4. The van der Waals surface area contributed by atoms with E-state index in [0.717, 1.165) is 30.0 Å². The van der Waals surface area contributed by atoms with Crippen molar-refractivity contribution in [2.24, 2.45) is 0 Å². The highest BCUT2D eigenvalue weighted by Crippen LogP contribution is 2.28. The summed E-state index contributed by atoms with van der Waals surface area (Å²) in [4.78, 5) is 29.3. The molecule has 8 nitrogen and oxygen atoms in total. The first-order valence-corrected chi connectivity index (χ1v) is 16.7. The van der Waals surface area contributed by atoms with E-state index in [2.05, 4.69) is 5.32 Å². The lowest BCUT2D eigenvalue weighted by Gasteiger charge is -2.34. The maximum Gasteiger partial charge on any atom is 0.264 e. The predicted molar refractivity (Wildman–Crippen MR) is 170 cm³/mol. The highest BCUT2D eigenvalue weighted by molar-refractivity contribution is 7.92. The van der Waals surface area contributed by atoms with Crippen LogP contribution in [0.25, 0.3) is 0 Å². The molecule has 0 saturated heterocycles. The molecule has 0 heterocycles. The van der Waals surface area contributed by atoms with Crippen LogP contribution in [0.15, 0.2) is 77.7 Å². The Hall–Kier alpha value is -3.27. The molecule has 1 aliphatic rings. The van der Waals surface area contributed by atoms with Gasteiger partial charge in [-0.25, -0.2) is 8.42 Å². The van der Waals surface area contributed by atoms with E-state index in [1.54, 1.807) is 60.7 Å². The Kier molecular flexibility index (Phi) is 11.3. The summed E-state index contributed by atoms with van der Waals surface area (Å²) in [5.74, 6) is -0.222. The van der Waals surface area contributed by atoms with Crippen molar-refractivity contribution in [1.82, 2.24) is 10.2 Å². The number of carbonyl (C=O) groups excluding carboxylic acids is 2. The molecule has 11 heteroatoms. The average Bonchev–Trinajstić information content (AvgIpc) is 3.51. The predicted octanol–water partition coefficient (Wildman–Crippen LogP) is 6.45. The molecule has 1 aliphatic carbocycles. The summed E-state index contributed by atoms with van der Waals surface area (Å²) in [5.41, 5.74) is 0.951. The third-order valence-corrected chi connectivity index (χ3v) is 10.00. The van der Waals surface area contributed by atoms with Gasteiger partial charge in [0.05, 0.1) is 27.2 Å². The Morgan fingerprint density at radius 3 is 2.23 bits per heavy atom. The number of benzene rings is 3. The fraction of sp³-hybridized carbons (Fsp3) is 0.375. The number of anilines is 1. The normalized spacial score (nSPS) is 14.2. The van der Waals surface area contributed by atoms with Crippen molar-refractivity contribution in [3.8, 4) is 5.75 Å². The number of ether oxygens (including phenoxy) is 1. The molecule has 1 fully saturated rings. The lowest BCUT2D eigenvalue weighted by atomic mass is 10.1. The van der Waals surface area contributed by atoms with Crippen molar-refractivity contribution in [3.05, 3.63) is 88.4 Å². The third kappa shape index (κ3) is 8.22. The number of nitrogens with one attached hydrogen (secondary N) is 1. The number of halogens is 2. The molecule has 1 atom stereocenters. The third-order valence-electron chi connectivity index (χ3n) is 7.47. The Bertz CT molecular complexity index is 1500. The number of hydrogen-bond acceptors (Lipinski definition) is 5. The molecule has 0 unspecified atom stereocenters. The van der Waals surface area contributed by atoms with Crippen LogP contribution in [0.5, 0.6) is 5.75 Å². The van der Waals surface area contributed by atoms with Gasteiger partial charge in [-0.05, 0) is 80.3 Å². The second kappa shape index (κ2) is 14.9. The molecule has 0 bridgehead atoms. The van der Waals surface area contributed by atoms with E-state index in [1.807, 2.05) is 13.8 Å². The summed E-state index contributed by atoms with van der Waals surface area (Å²) in [7, 11) is -4.16.